The summed E-state index contributed by atoms with van der Waals surface area (Å²) in [5, 5.41) is 0. The lowest BCUT2D eigenvalue weighted by Crippen LogP contribution is -2.43. The molecule has 4 bridgehead atoms. The zero-order valence-electron chi connectivity index (χ0n) is 10.2. The number of hydrogen-bond donors (Lipinski definition) is 0. The SMILES string of the molecule is C=CC(=O)OC12CCC(C1)C1C3CCC(C3)C12. The van der Waals surface area contributed by atoms with Crippen LogP contribution in [0.25, 0.3) is 0 Å². The van der Waals surface area contributed by atoms with Gasteiger partial charge in [-0.2, -0.15) is 0 Å². The molecule has 2 nitrogen and oxygen atoms in total. The average Bonchev–Trinajstić information content (AvgIpc) is 3.06. The Hall–Kier alpha value is -0.790. The molecule has 0 aromatic rings. The van der Waals surface area contributed by atoms with E-state index in [2.05, 4.69) is 6.58 Å². The van der Waals surface area contributed by atoms with Crippen molar-refractivity contribution in [3.63, 3.8) is 0 Å². The number of carbonyl (C=O) groups is 1. The van der Waals surface area contributed by atoms with E-state index in [0.29, 0.717) is 5.92 Å². The van der Waals surface area contributed by atoms with Crippen molar-refractivity contribution in [2.45, 2.75) is 44.1 Å². The largest absolute Gasteiger partial charge is 0.456 e. The zero-order valence-corrected chi connectivity index (χ0v) is 10.2. The minimum atomic E-state index is -0.200. The summed E-state index contributed by atoms with van der Waals surface area (Å²) >= 11 is 0. The lowest BCUT2D eigenvalue weighted by molar-refractivity contribution is -0.161. The molecule has 6 atom stereocenters. The van der Waals surface area contributed by atoms with Gasteiger partial charge in [0.25, 0.3) is 0 Å². The second-order valence-electron chi connectivity index (χ2n) is 6.63. The fraction of sp³-hybridized carbons (Fsp3) is 0.800. The number of esters is 1. The Bertz CT molecular complexity index is 388. The molecule has 0 saturated heterocycles. The van der Waals surface area contributed by atoms with Gasteiger partial charge in [0.2, 0.25) is 0 Å². The first-order valence-electron chi connectivity index (χ1n) is 7.09. The summed E-state index contributed by atoms with van der Waals surface area (Å²) in [6, 6.07) is 0. The van der Waals surface area contributed by atoms with Crippen molar-refractivity contribution >= 4 is 5.97 Å². The molecule has 92 valence electrons. The molecule has 0 aromatic heterocycles. The Morgan fingerprint density at radius 2 is 2.06 bits per heavy atom. The van der Waals surface area contributed by atoms with Crippen LogP contribution in [0.4, 0.5) is 0 Å². The monoisotopic (exact) mass is 232 g/mol. The maximum atomic E-state index is 11.6. The van der Waals surface area contributed by atoms with Gasteiger partial charge in [0.05, 0.1) is 0 Å². The Morgan fingerprint density at radius 3 is 2.88 bits per heavy atom. The standard InChI is InChI=1S/C15H20O2/c1-2-12(16)17-15-6-5-11(8-15)13-9-3-4-10(7-9)14(13)15/h2,9-11,13-14H,1,3-8H2. The summed E-state index contributed by atoms with van der Waals surface area (Å²) < 4.78 is 5.85. The van der Waals surface area contributed by atoms with Crippen molar-refractivity contribution in [3.05, 3.63) is 12.7 Å². The van der Waals surface area contributed by atoms with Crippen LogP contribution in [0.2, 0.25) is 0 Å². The third-order valence-corrected chi connectivity index (χ3v) is 6.15. The first kappa shape index (κ1) is 10.2. The van der Waals surface area contributed by atoms with Crippen LogP contribution in [0, 0.1) is 29.6 Å². The molecular weight excluding hydrogens is 212 g/mol. The zero-order chi connectivity index (χ0) is 11.6. The van der Waals surface area contributed by atoms with Crippen molar-refractivity contribution in [2.75, 3.05) is 0 Å². The van der Waals surface area contributed by atoms with E-state index >= 15 is 0 Å². The van der Waals surface area contributed by atoms with Crippen molar-refractivity contribution in [2.24, 2.45) is 29.6 Å². The average molecular weight is 232 g/mol. The van der Waals surface area contributed by atoms with E-state index in [4.69, 9.17) is 4.74 Å². The minimum absolute atomic E-state index is 0.0829. The van der Waals surface area contributed by atoms with Gasteiger partial charge in [0.1, 0.15) is 5.60 Å². The first-order valence-corrected chi connectivity index (χ1v) is 7.09. The van der Waals surface area contributed by atoms with Gasteiger partial charge in [-0.3, -0.25) is 0 Å². The van der Waals surface area contributed by atoms with Gasteiger partial charge in [0, 0.05) is 12.0 Å². The molecule has 4 saturated carbocycles. The summed E-state index contributed by atoms with van der Waals surface area (Å²) in [6.45, 7) is 3.54. The van der Waals surface area contributed by atoms with Gasteiger partial charge in [0.15, 0.2) is 0 Å². The third kappa shape index (κ3) is 1.14. The summed E-state index contributed by atoms with van der Waals surface area (Å²) in [4.78, 5) is 11.6. The van der Waals surface area contributed by atoms with Gasteiger partial charge in [-0.25, -0.2) is 4.79 Å². The van der Waals surface area contributed by atoms with Gasteiger partial charge in [-0.05, 0) is 62.2 Å². The molecule has 4 fully saturated rings. The quantitative estimate of drug-likeness (QED) is 0.416. The molecule has 0 aliphatic heterocycles. The highest BCUT2D eigenvalue weighted by molar-refractivity contribution is 5.81. The number of carbonyl (C=O) groups excluding carboxylic acids is 1. The highest BCUT2D eigenvalue weighted by atomic mass is 16.6. The van der Waals surface area contributed by atoms with Crippen LogP contribution >= 0.6 is 0 Å². The van der Waals surface area contributed by atoms with Gasteiger partial charge in [-0.1, -0.05) is 6.58 Å². The molecule has 4 rings (SSSR count). The highest BCUT2D eigenvalue weighted by Crippen LogP contribution is 2.69. The van der Waals surface area contributed by atoms with Crippen molar-refractivity contribution in [1.82, 2.24) is 0 Å². The molecular formula is C15H20O2. The van der Waals surface area contributed by atoms with Crippen molar-refractivity contribution in [1.29, 1.82) is 0 Å². The molecule has 0 amide bonds. The molecule has 0 radical (unpaired) electrons. The smallest absolute Gasteiger partial charge is 0.330 e. The predicted octanol–water partition coefficient (Wildman–Crippen LogP) is 2.93. The van der Waals surface area contributed by atoms with E-state index in [1.165, 1.54) is 31.8 Å². The van der Waals surface area contributed by atoms with E-state index in [1.807, 2.05) is 0 Å². The maximum Gasteiger partial charge on any atom is 0.330 e. The third-order valence-electron chi connectivity index (χ3n) is 6.15. The van der Waals surface area contributed by atoms with Crippen LogP contribution < -0.4 is 0 Å². The van der Waals surface area contributed by atoms with Crippen LogP contribution in [-0.2, 0) is 9.53 Å². The van der Waals surface area contributed by atoms with E-state index in [-0.39, 0.29) is 11.6 Å². The summed E-state index contributed by atoms with van der Waals surface area (Å²) in [5.41, 5.74) is -0.0829. The molecule has 2 heteroatoms. The fourth-order valence-corrected chi connectivity index (χ4v) is 5.91. The summed E-state index contributed by atoms with van der Waals surface area (Å²) in [6.07, 6.45) is 9.12. The van der Waals surface area contributed by atoms with E-state index < -0.39 is 0 Å². The van der Waals surface area contributed by atoms with Crippen LogP contribution in [0.5, 0.6) is 0 Å². The summed E-state index contributed by atoms with van der Waals surface area (Å²) in [5.74, 6) is 4.05. The van der Waals surface area contributed by atoms with Crippen LogP contribution in [0.3, 0.4) is 0 Å². The van der Waals surface area contributed by atoms with Gasteiger partial charge < -0.3 is 4.74 Å². The predicted molar refractivity (Wildman–Crippen MR) is 64.2 cm³/mol. The Morgan fingerprint density at radius 1 is 1.24 bits per heavy atom. The van der Waals surface area contributed by atoms with Crippen LogP contribution in [-0.4, -0.2) is 11.6 Å². The van der Waals surface area contributed by atoms with Crippen molar-refractivity contribution < 1.29 is 9.53 Å². The van der Waals surface area contributed by atoms with Crippen LogP contribution in [0.15, 0.2) is 12.7 Å². The molecule has 6 unspecified atom stereocenters. The Balaban J connectivity index is 1.68. The maximum absolute atomic E-state index is 11.6. The van der Waals surface area contributed by atoms with Crippen molar-refractivity contribution in [3.8, 4) is 0 Å². The first-order chi connectivity index (χ1) is 8.23. The fourth-order valence-electron chi connectivity index (χ4n) is 5.91. The molecule has 0 spiro atoms. The van der Waals surface area contributed by atoms with Gasteiger partial charge >= 0.3 is 5.97 Å². The molecule has 17 heavy (non-hydrogen) atoms. The Kier molecular flexibility index (Phi) is 1.88. The highest BCUT2D eigenvalue weighted by Gasteiger charge is 2.67. The second kappa shape index (κ2) is 3.15. The van der Waals surface area contributed by atoms with E-state index in [9.17, 15) is 4.79 Å². The number of ether oxygens (including phenoxy) is 1. The lowest BCUT2D eigenvalue weighted by atomic mass is 9.69. The normalized spacial score (nSPS) is 53.8. The number of hydrogen-bond acceptors (Lipinski definition) is 2. The topological polar surface area (TPSA) is 26.3 Å². The second-order valence-corrected chi connectivity index (χ2v) is 6.63. The minimum Gasteiger partial charge on any atom is -0.456 e. The Labute approximate surface area is 102 Å². The molecule has 0 heterocycles. The van der Waals surface area contributed by atoms with Gasteiger partial charge in [-0.15, -0.1) is 0 Å². The van der Waals surface area contributed by atoms with E-state index in [0.717, 1.165) is 36.5 Å². The van der Waals surface area contributed by atoms with E-state index in [1.54, 1.807) is 0 Å². The molecule has 0 aromatic carbocycles. The van der Waals surface area contributed by atoms with Crippen LogP contribution in [0.1, 0.15) is 38.5 Å². The molecule has 4 aliphatic rings. The molecule has 4 aliphatic carbocycles. The number of fused-ring (bicyclic) bond motifs is 9. The molecule has 0 N–H and O–H groups in total. The number of rotatable bonds is 2. The lowest BCUT2D eigenvalue weighted by Gasteiger charge is -2.41. The summed E-state index contributed by atoms with van der Waals surface area (Å²) in [7, 11) is 0.